The minimum absolute atomic E-state index is 0.797. The van der Waals surface area contributed by atoms with Crippen LogP contribution in [0.3, 0.4) is 0 Å². The lowest BCUT2D eigenvalue weighted by Gasteiger charge is -2.03. The Morgan fingerprint density at radius 2 is 1.73 bits per heavy atom. The van der Waals surface area contributed by atoms with E-state index >= 15 is 0 Å². The Hall–Kier alpha value is -0.530. The number of aryl methyl sites for hydroxylation is 1. The van der Waals surface area contributed by atoms with Crippen molar-refractivity contribution in [2.24, 2.45) is 0 Å². The van der Waals surface area contributed by atoms with Gasteiger partial charge >= 0.3 is 0 Å². The molecule has 1 rings (SSSR count). The molecule has 0 aliphatic carbocycles. The van der Waals surface area contributed by atoms with E-state index in [2.05, 4.69) is 19.1 Å². The third-order valence-corrected chi connectivity index (χ3v) is 2.46. The molecule has 83 valence electrons. The molecule has 1 aromatic carbocycles. The molecule has 0 bridgehead atoms. The molecule has 2 heteroatoms. The second-order valence-corrected chi connectivity index (χ2v) is 3.99. The van der Waals surface area contributed by atoms with Crippen molar-refractivity contribution in [2.75, 3.05) is 13.2 Å². The minimum atomic E-state index is 0.797. The lowest BCUT2D eigenvalue weighted by Crippen LogP contribution is -1.98. The molecule has 0 spiro atoms. The van der Waals surface area contributed by atoms with Crippen molar-refractivity contribution in [1.82, 2.24) is 0 Å². The van der Waals surface area contributed by atoms with Crippen LogP contribution in [0.4, 0.5) is 0 Å². The molecular weight excluding hydrogens is 208 g/mol. The third-order valence-electron chi connectivity index (χ3n) is 2.21. The first-order valence-corrected chi connectivity index (χ1v) is 5.82. The summed E-state index contributed by atoms with van der Waals surface area (Å²) >= 11 is 5.80. The van der Waals surface area contributed by atoms with Crippen molar-refractivity contribution in [3.05, 3.63) is 41.8 Å². The monoisotopic (exact) mass is 225 g/mol. The first kappa shape index (κ1) is 12.5. The van der Waals surface area contributed by atoms with Crippen LogP contribution in [0.15, 0.2) is 24.3 Å². The minimum Gasteiger partial charge on any atom is -0.381 e. The van der Waals surface area contributed by atoms with Crippen molar-refractivity contribution in [1.29, 1.82) is 0 Å². The lowest BCUT2D eigenvalue weighted by atomic mass is 10.1. The summed E-state index contributed by atoms with van der Waals surface area (Å²) in [7, 11) is 0. The quantitative estimate of drug-likeness (QED) is 0.640. The Kier molecular flexibility index (Phi) is 6.45. The predicted molar refractivity (Wildman–Crippen MR) is 65.2 cm³/mol. The fraction of sp³-hybridized carbons (Fsp3) is 0.462. The van der Waals surface area contributed by atoms with Gasteiger partial charge in [-0.1, -0.05) is 37.1 Å². The summed E-state index contributed by atoms with van der Waals surface area (Å²) in [4.78, 5) is 0. The van der Waals surface area contributed by atoms with Gasteiger partial charge in [0, 0.05) is 18.2 Å². The number of unbranched alkanes of at least 4 members (excludes halogenated alkanes) is 1. The van der Waals surface area contributed by atoms with Gasteiger partial charge in [0.2, 0.25) is 0 Å². The predicted octanol–water partition coefficient (Wildman–Crippen LogP) is 3.90. The van der Waals surface area contributed by atoms with Gasteiger partial charge in [0.05, 0.1) is 0 Å². The molecule has 0 aromatic heterocycles. The van der Waals surface area contributed by atoms with Gasteiger partial charge in [-0.3, -0.25) is 0 Å². The van der Waals surface area contributed by atoms with E-state index in [9.17, 15) is 0 Å². The maximum atomic E-state index is 5.80. The van der Waals surface area contributed by atoms with Gasteiger partial charge in [0.1, 0.15) is 0 Å². The Morgan fingerprint density at radius 1 is 1.07 bits per heavy atom. The zero-order valence-corrected chi connectivity index (χ0v) is 9.80. The van der Waals surface area contributed by atoms with Crippen LogP contribution in [0.25, 0.3) is 0 Å². The van der Waals surface area contributed by atoms with Crippen LogP contribution in [0.5, 0.6) is 0 Å². The molecule has 0 aliphatic heterocycles. The van der Waals surface area contributed by atoms with E-state index in [1.54, 1.807) is 0 Å². The van der Waals surface area contributed by atoms with E-state index in [4.69, 9.17) is 16.3 Å². The molecule has 1 nitrogen and oxygen atoms in total. The first-order valence-electron chi connectivity index (χ1n) is 5.44. The average Bonchev–Trinajstić information content (AvgIpc) is 2.26. The summed E-state index contributed by atoms with van der Waals surface area (Å²) in [5.41, 5.74) is 1.32. The Bertz CT molecular complexity index is 256. The molecular formula is C13H18ClO. The van der Waals surface area contributed by atoms with Crippen LogP contribution in [0.1, 0.15) is 24.8 Å². The maximum absolute atomic E-state index is 5.80. The number of benzene rings is 1. The van der Waals surface area contributed by atoms with Crippen molar-refractivity contribution in [2.45, 2.75) is 25.7 Å². The second-order valence-electron chi connectivity index (χ2n) is 3.55. The number of rotatable bonds is 7. The van der Waals surface area contributed by atoms with Crippen molar-refractivity contribution >= 4 is 11.6 Å². The van der Waals surface area contributed by atoms with E-state index in [0.717, 1.165) is 43.9 Å². The first-order chi connectivity index (χ1) is 7.33. The Labute approximate surface area is 97.4 Å². The number of halogens is 1. The van der Waals surface area contributed by atoms with Crippen molar-refractivity contribution < 1.29 is 4.74 Å². The number of ether oxygens (including phenoxy) is 1. The topological polar surface area (TPSA) is 9.23 Å². The Balaban J connectivity index is 2.07. The van der Waals surface area contributed by atoms with Gasteiger partial charge in [-0.05, 0) is 37.0 Å². The zero-order chi connectivity index (χ0) is 10.9. The normalized spacial score (nSPS) is 10.5. The van der Waals surface area contributed by atoms with Crippen molar-refractivity contribution in [3.63, 3.8) is 0 Å². The van der Waals surface area contributed by atoms with E-state index in [0.29, 0.717) is 0 Å². The van der Waals surface area contributed by atoms with Gasteiger partial charge < -0.3 is 4.74 Å². The summed E-state index contributed by atoms with van der Waals surface area (Å²) in [6.07, 6.45) is 4.14. The smallest absolute Gasteiger partial charge is 0.0469 e. The highest BCUT2D eigenvalue weighted by Crippen LogP contribution is 2.10. The van der Waals surface area contributed by atoms with E-state index < -0.39 is 0 Å². The van der Waals surface area contributed by atoms with Crippen LogP contribution in [0.2, 0.25) is 5.02 Å². The Morgan fingerprint density at radius 3 is 2.40 bits per heavy atom. The fourth-order valence-corrected chi connectivity index (χ4v) is 1.46. The van der Waals surface area contributed by atoms with Crippen LogP contribution >= 0.6 is 11.6 Å². The highest BCUT2D eigenvalue weighted by molar-refractivity contribution is 6.30. The van der Waals surface area contributed by atoms with E-state index in [-0.39, 0.29) is 0 Å². The summed E-state index contributed by atoms with van der Waals surface area (Å²) < 4.78 is 5.45. The summed E-state index contributed by atoms with van der Waals surface area (Å²) in [6.45, 7) is 5.44. The average molecular weight is 226 g/mol. The molecule has 0 fully saturated rings. The molecule has 1 radical (unpaired) electrons. The molecule has 0 saturated heterocycles. The maximum Gasteiger partial charge on any atom is 0.0469 e. The second kappa shape index (κ2) is 7.72. The molecule has 1 aromatic rings. The van der Waals surface area contributed by atoms with Gasteiger partial charge in [0.25, 0.3) is 0 Å². The van der Waals surface area contributed by atoms with Crippen LogP contribution in [0, 0.1) is 6.92 Å². The molecule has 0 aliphatic rings. The highest BCUT2D eigenvalue weighted by Gasteiger charge is 1.94. The van der Waals surface area contributed by atoms with Crippen LogP contribution in [-0.4, -0.2) is 13.2 Å². The molecule has 0 saturated carbocycles. The van der Waals surface area contributed by atoms with E-state index in [1.807, 2.05) is 12.1 Å². The van der Waals surface area contributed by atoms with Gasteiger partial charge in [-0.2, -0.15) is 0 Å². The standard InChI is InChI=1S/C13H18ClO/c1-2-3-10-15-11-4-5-12-6-8-13(14)9-7-12/h6-9H,1-5,10-11H2. The van der Waals surface area contributed by atoms with Gasteiger partial charge in [-0.25, -0.2) is 0 Å². The van der Waals surface area contributed by atoms with Crippen LogP contribution in [-0.2, 0) is 11.2 Å². The largest absolute Gasteiger partial charge is 0.381 e. The summed E-state index contributed by atoms with van der Waals surface area (Å²) in [6, 6.07) is 8.00. The number of hydrogen-bond donors (Lipinski definition) is 0. The summed E-state index contributed by atoms with van der Waals surface area (Å²) in [5, 5.41) is 0.797. The molecule has 0 atom stereocenters. The zero-order valence-electron chi connectivity index (χ0n) is 9.05. The molecule has 0 unspecified atom stereocenters. The van der Waals surface area contributed by atoms with Gasteiger partial charge in [-0.15, -0.1) is 0 Å². The molecule has 15 heavy (non-hydrogen) atoms. The van der Waals surface area contributed by atoms with E-state index in [1.165, 1.54) is 5.56 Å². The third kappa shape index (κ3) is 5.81. The molecule has 0 N–H and O–H groups in total. The SMILES string of the molecule is [CH2]CCCOCCCc1ccc(Cl)cc1. The summed E-state index contributed by atoms with van der Waals surface area (Å²) in [5.74, 6) is 0. The van der Waals surface area contributed by atoms with Crippen molar-refractivity contribution in [3.8, 4) is 0 Å². The number of hydrogen-bond acceptors (Lipinski definition) is 1. The highest BCUT2D eigenvalue weighted by atomic mass is 35.5. The van der Waals surface area contributed by atoms with Gasteiger partial charge in [0.15, 0.2) is 0 Å². The van der Waals surface area contributed by atoms with Crippen LogP contribution < -0.4 is 0 Å². The molecule has 0 heterocycles. The lowest BCUT2D eigenvalue weighted by molar-refractivity contribution is 0.130. The molecule has 0 amide bonds. The fourth-order valence-electron chi connectivity index (χ4n) is 1.34.